The third-order valence-electron chi connectivity index (χ3n) is 3.85. The van der Waals surface area contributed by atoms with Gasteiger partial charge in [-0.1, -0.05) is 20.8 Å². The van der Waals surface area contributed by atoms with Crippen molar-refractivity contribution in [2.24, 2.45) is 0 Å². The Bertz CT molecular complexity index is 695. The van der Waals surface area contributed by atoms with Gasteiger partial charge in [0.05, 0.1) is 7.11 Å². The van der Waals surface area contributed by atoms with Gasteiger partial charge in [0.2, 0.25) is 0 Å². The predicted molar refractivity (Wildman–Crippen MR) is 99.1 cm³/mol. The van der Waals surface area contributed by atoms with Gasteiger partial charge in [-0.05, 0) is 53.3 Å². The molecule has 1 aromatic carbocycles. The molecule has 0 unspecified atom stereocenters. The average Bonchev–Trinajstić information content (AvgIpc) is 2.52. The van der Waals surface area contributed by atoms with Gasteiger partial charge in [-0.3, -0.25) is 9.78 Å². The van der Waals surface area contributed by atoms with E-state index in [-0.39, 0.29) is 23.7 Å². The van der Waals surface area contributed by atoms with E-state index < -0.39 is 0 Å². The van der Waals surface area contributed by atoms with Gasteiger partial charge in [-0.2, -0.15) is 0 Å². The molecule has 0 radical (unpaired) electrons. The second-order valence-electron chi connectivity index (χ2n) is 6.65. The van der Waals surface area contributed by atoms with Crippen LogP contribution in [0.25, 0.3) is 0 Å². The fourth-order valence-electron chi connectivity index (χ4n) is 2.45. The van der Waals surface area contributed by atoms with Crippen molar-refractivity contribution in [1.82, 2.24) is 10.3 Å². The zero-order valence-electron chi connectivity index (χ0n) is 14.8. The smallest absolute Gasteiger partial charge is 0.251 e. The average molecular weight is 349 g/mol. The van der Waals surface area contributed by atoms with Gasteiger partial charge in [0.15, 0.2) is 0 Å². The van der Waals surface area contributed by atoms with Crippen LogP contribution in [-0.2, 0) is 12.0 Å². The summed E-state index contributed by atoms with van der Waals surface area (Å²) in [6, 6.07) is 7.57. The minimum absolute atomic E-state index is 0. The van der Waals surface area contributed by atoms with Crippen molar-refractivity contribution in [1.29, 1.82) is 0 Å². The van der Waals surface area contributed by atoms with Gasteiger partial charge in [-0.15, -0.1) is 12.4 Å². The molecule has 130 valence electrons. The summed E-state index contributed by atoms with van der Waals surface area (Å²) in [7, 11) is 1.69. The highest BCUT2D eigenvalue weighted by atomic mass is 35.5. The Kier molecular flexibility index (Phi) is 6.79. The number of ether oxygens (including phenoxy) is 1. The van der Waals surface area contributed by atoms with Crippen LogP contribution in [0, 0.1) is 6.92 Å². The number of amides is 1. The lowest BCUT2D eigenvalue weighted by Crippen LogP contribution is -2.24. The van der Waals surface area contributed by atoms with E-state index in [1.54, 1.807) is 31.6 Å². The molecule has 0 saturated carbocycles. The fraction of sp³-hybridized carbons (Fsp3) is 0.368. The number of halogens is 1. The first-order chi connectivity index (χ1) is 10.8. The van der Waals surface area contributed by atoms with Crippen molar-refractivity contribution < 1.29 is 9.53 Å². The molecular weight excluding hydrogens is 324 g/mol. The van der Waals surface area contributed by atoms with Crippen LogP contribution < -0.4 is 10.1 Å². The number of nitrogens with one attached hydrogen (secondary N) is 1. The SMILES string of the molecule is COc1cc(C)c(CNC(=O)c2ccncc2)cc1C(C)(C)C.Cl. The number of hydrogen-bond acceptors (Lipinski definition) is 3. The van der Waals surface area contributed by atoms with Gasteiger partial charge in [0.1, 0.15) is 5.75 Å². The van der Waals surface area contributed by atoms with Gasteiger partial charge >= 0.3 is 0 Å². The number of benzene rings is 1. The van der Waals surface area contributed by atoms with Crippen molar-refractivity contribution in [3.63, 3.8) is 0 Å². The molecule has 2 rings (SSSR count). The van der Waals surface area contributed by atoms with Crippen LogP contribution in [0.3, 0.4) is 0 Å². The van der Waals surface area contributed by atoms with Crippen LogP contribution in [0.4, 0.5) is 0 Å². The van der Waals surface area contributed by atoms with E-state index in [2.05, 4.69) is 37.1 Å². The van der Waals surface area contributed by atoms with E-state index in [4.69, 9.17) is 4.74 Å². The third kappa shape index (κ3) is 4.71. The van der Waals surface area contributed by atoms with Crippen molar-refractivity contribution in [2.75, 3.05) is 7.11 Å². The zero-order valence-corrected chi connectivity index (χ0v) is 15.7. The molecule has 0 fully saturated rings. The summed E-state index contributed by atoms with van der Waals surface area (Å²) < 4.78 is 5.51. The molecular formula is C19H25ClN2O2. The second kappa shape index (κ2) is 8.15. The van der Waals surface area contributed by atoms with E-state index >= 15 is 0 Å². The topological polar surface area (TPSA) is 51.2 Å². The molecule has 5 heteroatoms. The Morgan fingerprint density at radius 1 is 1.21 bits per heavy atom. The van der Waals surface area contributed by atoms with E-state index in [0.29, 0.717) is 12.1 Å². The van der Waals surface area contributed by atoms with Crippen molar-refractivity contribution in [3.8, 4) is 5.75 Å². The maximum absolute atomic E-state index is 12.2. The molecule has 0 bridgehead atoms. The first kappa shape index (κ1) is 20.0. The van der Waals surface area contributed by atoms with E-state index in [9.17, 15) is 4.79 Å². The fourth-order valence-corrected chi connectivity index (χ4v) is 2.45. The molecule has 1 amide bonds. The Morgan fingerprint density at radius 3 is 2.38 bits per heavy atom. The lowest BCUT2D eigenvalue weighted by atomic mass is 9.84. The number of aromatic nitrogens is 1. The number of carbonyl (C=O) groups is 1. The summed E-state index contributed by atoms with van der Waals surface area (Å²) in [5.41, 5.74) is 3.92. The first-order valence-corrected chi connectivity index (χ1v) is 7.69. The highest BCUT2D eigenvalue weighted by Crippen LogP contribution is 2.33. The van der Waals surface area contributed by atoms with Gasteiger partial charge in [-0.25, -0.2) is 0 Å². The Hall–Kier alpha value is -2.07. The maximum atomic E-state index is 12.2. The van der Waals surface area contributed by atoms with Crippen LogP contribution in [-0.4, -0.2) is 18.0 Å². The number of aryl methyl sites for hydroxylation is 1. The summed E-state index contributed by atoms with van der Waals surface area (Å²) in [5.74, 6) is 0.791. The number of rotatable bonds is 4. The molecule has 0 aliphatic heterocycles. The lowest BCUT2D eigenvalue weighted by molar-refractivity contribution is 0.0951. The molecule has 0 aliphatic rings. The maximum Gasteiger partial charge on any atom is 0.251 e. The number of pyridine rings is 1. The molecule has 2 aromatic rings. The normalized spacial score (nSPS) is 10.7. The molecule has 1 N–H and O–H groups in total. The van der Waals surface area contributed by atoms with E-state index in [1.165, 1.54) is 0 Å². The van der Waals surface area contributed by atoms with Crippen molar-refractivity contribution in [2.45, 2.75) is 39.7 Å². The van der Waals surface area contributed by atoms with Crippen LogP contribution >= 0.6 is 12.4 Å². The van der Waals surface area contributed by atoms with Gasteiger partial charge in [0.25, 0.3) is 5.91 Å². The Morgan fingerprint density at radius 2 is 1.83 bits per heavy atom. The van der Waals surface area contributed by atoms with Crippen LogP contribution in [0.2, 0.25) is 0 Å². The molecule has 0 aliphatic carbocycles. The van der Waals surface area contributed by atoms with Gasteiger partial charge < -0.3 is 10.1 Å². The first-order valence-electron chi connectivity index (χ1n) is 7.69. The number of methoxy groups -OCH3 is 1. The predicted octanol–water partition coefficient (Wildman–Crippen LogP) is 4.05. The standard InChI is InChI=1S/C19H24N2O2.ClH/c1-13-10-17(23-5)16(19(2,3)4)11-15(13)12-21-18(22)14-6-8-20-9-7-14;/h6-11H,12H2,1-5H3,(H,21,22);1H. The number of carbonyl (C=O) groups excluding carboxylic acids is 1. The molecule has 1 aromatic heterocycles. The van der Waals surface area contributed by atoms with Crippen molar-refractivity contribution in [3.05, 3.63) is 58.9 Å². The Balaban J connectivity index is 0.00000288. The summed E-state index contributed by atoms with van der Waals surface area (Å²) in [4.78, 5) is 16.1. The lowest BCUT2D eigenvalue weighted by Gasteiger charge is -2.24. The molecule has 4 nitrogen and oxygen atoms in total. The monoisotopic (exact) mass is 348 g/mol. The van der Waals surface area contributed by atoms with Gasteiger partial charge in [0, 0.05) is 24.5 Å². The summed E-state index contributed by atoms with van der Waals surface area (Å²) in [5, 5.41) is 2.96. The largest absolute Gasteiger partial charge is 0.496 e. The highest BCUT2D eigenvalue weighted by molar-refractivity contribution is 5.93. The van der Waals surface area contributed by atoms with E-state index in [0.717, 1.165) is 22.4 Å². The molecule has 1 heterocycles. The van der Waals surface area contributed by atoms with E-state index in [1.807, 2.05) is 13.0 Å². The van der Waals surface area contributed by atoms with Crippen LogP contribution in [0.1, 0.15) is 47.8 Å². The Labute approximate surface area is 150 Å². The number of hydrogen-bond donors (Lipinski definition) is 1. The molecule has 0 saturated heterocycles. The number of nitrogens with zero attached hydrogens (tertiary/aromatic N) is 1. The van der Waals surface area contributed by atoms with Crippen LogP contribution in [0.5, 0.6) is 5.75 Å². The summed E-state index contributed by atoms with van der Waals surface area (Å²) >= 11 is 0. The molecule has 0 atom stereocenters. The second-order valence-corrected chi connectivity index (χ2v) is 6.65. The van der Waals surface area contributed by atoms with Crippen LogP contribution in [0.15, 0.2) is 36.7 Å². The minimum atomic E-state index is -0.0973. The molecule has 0 spiro atoms. The minimum Gasteiger partial charge on any atom is -0.496 e. The quantitative estimate of drug-likeness (QED) is 0.906. The summed E-state index contributed by atoms with van der Waals surface area (Å²) in [6.45, 7) is 8.97. The van der Waals surface area contributed by atoms with Crippen molar-refractivity contribution >= 4 is 18.3 Å². The third-order valence-corrected chi connectivity index (χ3v) is 3.85. The molecule has 24 heavy (non-hydrogen) atoms. The zero-order chi connectivity index (χ0) is 17.0. The summed E-state index contributed by atoms with van der Waals surface area (Å²) in [6.07, 6.45) is 3.23. The highest BCUT2D eigenvalue weighted by Gasteiger charge is 2.20.